The second-order valence-electron chi connectivity index (χ2n) is 5.42. The van der Waals surface area contributed by atoms with Gasteiger partial charge in [0, 0.05) is 5.56 Å². The topological polar surface area (TPSA) is 44.1 Å². The summed E-state index contributed by atoms with van der Waals surface area (Å²) in [4.78, 5) is 13.7. The van der Waals surface area contributed by atoms with Gasteiger partial charge in [-0.2, -0.15) is 5.26 Å². The van der Waals surface area contributed by atoms with Crippen LogP contribution in [0.15, 0.2) is 84.9 Å². The zero-order valence-electron chi connectivity index (χ0n) is 13.1. The zero-order valence-corrected chi connectivity index (χ0v) is 13.1. The minimum absolute atomic E-state index is 0.274. The molecular weight excluding hydrogens is 297 g/mol. The van der Waals surface area contributed by atoms with Crippen molar-refractivity contribution in [2.24, 2.45) is 0 Å². The molecular formula is C21H16N2O. The fourth-order valence-corrected chi connectivity index (χ4v) is 2.51. The molecule has 3 aromatic carbocycles. The molecule has 0 bridgehead atoms. The molecule has 0 aromatic heterocycles. The molecule has 0 saturated carbocycles. The highest BCUT2D eigenvalue weighted by Crippen LogP contribution is 2.20. The predicted octanol–water partition coefficient (Wildman–Crippen LogP) is 4.48. The van der Waals surface area contributed by atoms with Crippen LogP contribution in [0.5, 0.6) is 0 Å². The van der Waals surface area contributed by atoms with E-state index in [-0.39, 0.29) is 12.5 Å². The van der Waals surface area contributed by atoms with Crippen molar-refractivity contribution in [2.75, 3.05) is 0 Å². The molecule has 3 aromatic rings. The van der Waals surface area contributed by atoms with Crippen LogP contribution in [0.3, 0.4) is 0 Å². The third-order valence-corrected chi connectivity index (χ3v) is 3.79. The van der Waals surface area contributed by atoms with Crippen LogP contribution >= 0.6 is 0 Å². The van der Waals surface area contributed by atoms with Gasteiger partial charge in [-0.15, -0.1) is 0 Å². The molecule has 0 heterocycles. The summed E-state index contributed by atoms with van der Waals surface area (Å²) in [6, 6.07) is 26.8. The lowest BCUT2D eigenvalue weighted by atomic mass is 10.1. The third kappa shape index (κ3) is 3.50. The summed E-state index contributed by atoms with van der Waals surface area (Å²) in [5.74, 6) is -0.291. The Morgan fingerprint density at radius 1 is 0.792 bits per heavy atom. The number of rotatable bonds is 4. The quantitative estimate of drug-likeness (QED) is 0.405. The summed E-state index contributed by atoms with van der Waals surface area (Å²) in [5, 5.41) is 9.31. The number of amides is 1. The lowest BCUT2D eigenvalue weighted by Gasteiger charge is -2.14. The second kappa shape index (κ2) is 7.26. The number of nitriles is 1. The minimum Gasteiger partial charge on any atom is -0.268 e. The summed E-state index contributed by atoms with van der Waals surface area (Å²) < 4.78 is 0. The van der Waals surface area contributed by atoms with Crippen molar-refractivity contribution in [1.29, 1.82) is 5.26 Å². The molecule has 0 saturated heterocycles. The van der Waals surface area contributed by atoms with E-state index in [1.54, 1.807) is 12.1 Å². The monoisotopic (exact) mass is 313 g/mol. The molecule has 3 rings (SSSR count). The van der Waals surface area contributed by atoms with Crippen LogP contribution in [-0.2, 0) is 6.54 Å². The van der Waals surface area contributed by atoms with Gasteiger partial charge in [0.25, 0.3) is 5.91 Å². The fourth-order valence-electron chi connectivity index (χ4n) is 2.51. The van der Waals surface area contributed by atoms with Crippen molar-refractivity contribution in [3.05, 3.63) is 96.1 Å². The fraction of sp³-hybridized carbons (Fsp3) is 0.0476. The first-order valence-corrected chi connectivity index (χ1v) is 7.69. The van der Waals surface area contributed by atoms with E-state index in [0.717, 1.165) is 16.7 Å². The lowest BCUT2D eigenvalue weighted by molar-refractivity contribution is 0.0824. The smallest absolute Gasteiger partial charge is 0.267 e. The minimum atomic E-state index is -0.291. The molecule has 116 valence electrons. The maximum absolute atomic E-state index is 12.5. The summed E-state index contributed by atoms with van der Waals surface area (Å²) in [5.41, 5.74) is 3.57. The zero-order chi connectivity index (χ0) is 16.8. The summed E-state index contributed by atoms with van der Waals surface area (Å²) in [7, 11) is 0. The maximum Gasteiger partial charge on any atom is 0.267 e. The highest BCUT2D eigenvalue weighted by atomic mass is 16.2. The number of nitrogens with zero attached hydrogens (tertiary/aromatic N) is 2. The Labute approximate surface area is 141 Å². The van der Waals surface area contributed by atoms with Crippen LogP contribution in [0.4, 0.5) is 0 Å². The van der Waals surface area contributed by atoms with Crippen molar-refractivity contribution in [1.82, 2.24) is 4.90 Å². The Balaban J connectivity index is 1.78. The number of benzene rings is 3. The molecule has 0 N–H and O–H groups in total. The Morgan fingerprint density at radius 2 is 1.33 bits per heavy atom. The molecule has 0 radical (unpaired) electrons. The first-order valence-electron chi connectivity index (χ1n) is 7.69. The van der Waals surface area contributed by atoms with Gasteiger partial charge in [-0.25, -0.2) is 4.90 Å². The van der Waals surface area contributed by atoms with E-state index in [4.69, 9.17) is 0 Å². The van der Waals surface area contributed by atoms with Crippen LogP contribution in [0, 0.1) is 11.5 Å². The van der Waals surface area contributed by atoms with Gasteiger partial charge in [-0.1, -0.05) is 72.8 Å². The molecule has 1 amide bonds. The number of carbonyl (C=O) groups excluding carboxylic acids is 1. The molecule has 3 nitrogen and oxygen atoms in total. The first-order chi connectivity index (χ1) is 11.8. The Kier molecular flexibility index (Phi) is 4.69. The molecule has 3 heteroatoms. The van der Waals surface area contributed by atoms with Crippen molar-refractivity contribution in [3.8, 4) is 17.3 Å². The van der Waals surface area contributed by atoms with Gasteiger partial charge in [0.15, 0.2) is 6.19 Å². The van der Waals surface area contributed by atoms with E-state index < -0.39 is 0 Å². The predicted molar refractivity (Wildman–Crippen MR) is 93.8 cm³/mol. The van der Waals surface area contributed by atoms with Gasteiger partial charge in [0.2, 0.25) is 0 Å². The summed E-state index contributed by atoms with van der Waals surface area (Å²) in [6.07, 6.45) is 1.98. The van der Waals surface area contributed by atoms with Crippen molar-refractivity contribution >= 4 is 5.91 Å². The van der Waals surface area contributed by atoms with Gasteiger partial charge in [0.05, 0.1) is 6.54 Å². The highest BCUT2D eigenvalue weighted by molar-refractivity contribution is 5.95. The Morgan fingerprint density at radius 3 is 1.92 bits per heavy atom. The van der Waals surface area contributed by atoms with Crippen LogP contribution in [0.1, 0.15) is 15.9 Å². The number of carbonyl (C=O) groups is 1. The SMILES string of the molecule is N#CN(Cc1ccccc1)[13C](=O)c1ccc(-c2ccccc2)cc1. The van der Waals surface area contributed by atoms with Gasteiger partial charge < -0.3 is 0 Å². The molecule has 0 aliphatic heterocycles. The Bertz CT molecular complexity index is 850. The van der Waals surface area contributed by atoms with E-state index in [1.165, 1.54) is 4.90 Å². The van der Waals surface area contributed by atoms with Crippen LogP contribution in [0.2, 0.25) is 0 Å². The highest BCUT2D eigenvalue weighted by Gasteiger charge is 2.15. The van der Waals surface area contributed by atoms with Crippen molar-refractivity contribution < 1.29 is 4.79 Å². The normalized spacial score (nSPS) is 9.96. The van der Waals surface area contributed by atoms with E-state index in [2.05, 4.69) is 0 Å². The molecule has 0 atom stereocenters. The molecule has 0 unspecified atom stereocenters. The third-order valence-electron chi connectivity index (χ3n) is 3.79. The van der Waals surface area contributed by atoms with Gasteiger partial charge in [0.1, 0.15) is 0 Å². The molecule has 0 aliphatic rings. The Hall–Kier alpha value is -3.38. The standard InChI is InChI=1S/C21H16N2O/c22-16-23(15-17-7-3-1-4-8-17)21(24)20-13-11-19(12-14-20)18-9-5-2-6-10-18/h1-14H,15H2/i21+1. The molecule has 0 aliphatic carbocycles. The van der Waals surface area contributed by atoms with Crippen LogP contribution in [-0.4, -0.2) is 10.8 Å². The molecule has 0 spiro atoms. The number of hydrogen-bond donors (Lipinski definition) is 0. The van der Waals surface area contributed by atoms with Gasteiger partial charge in [-0.05, 0) is 28.8 Å². The first kappa shape index (κ1) is 15.5. The van der Waals surface area contributed by atoms with E-state index in [1.807, 2.05) is 79.0 Å². The van der Waals surface area contributed by atoms with E-state index in [0.29, 0.717) is 5.56 Å². The lowest BCUT2D eigenvalue weighted by Crippen LogP contribution is -2.25. The van der Waals surface area contributed by atoms with Crippen molar-refractivity contribution in [3.63, 3.8) is 0 Å². The largest absolute Gasteiger partial charge is 0.268 e. The number of hydrogen-bond acceptors (Lipinski definition) is 2. The van der Waals surface area contributed by atoms with Crippen molar-refractivity contribution in [2.45, 2.75) is 6.54 Å². The van der Waals surface area contributed by atoms with E-state index >= 15 is 0 Å². The summed E-state index contributed by atoms with van der Waals surface area (Å²) >= 11 is 0. The molecule has 0 fully saturated rings. The average molecular weight is 313 g/mol. The van der Waals surface area contributed by atoms with Gasteiger partial charge in [-0.3, -0.25) is 4.79 Å². The summed E-state index contributed by atoms with van der Waals surface area (Å²) in [6.45, 7) is 0.274. The van der Waals surface area contributed by atoms with E-state index in [9.17, 15) is 10.1 Å². The van der Waals surface area contributed by atoms with Crippen LogP contribution < -0.4 is 0 Å². The molecule has 24 heavy (non-hydrogen) atoms. The maximum atomic E-state index is 12.5. The van der Waals surface area contributed by atoms with Gasteiger partial charge >= 0.3 is 0 Å². The average Bonchev–Trinajstić information content (AvgIpc) is 2.67. The second-order valence-corrected chi connectivity index (χ2v) is 5.42. The van der Waals surface area contributed by atoms with Crippen LogP contribution in [0.25, 0.3) is 11.1 Å².